The number of nitrogens with one attached hydrogen (secondary N) is 1. The molecule has 0 radical (unpaired) electrons. The summed E-state index contributed by atoms with van der Waals surface area (Å²) >= 11 is 0. The number of carbonyl (C=O) groups is 1. The number of hydrogen-bond acceptors (Lipinski definition) is 5. The molecule has 0 aliphatic heterocycles. The maximum Gasteiger partial charge on any atom is 0.451 e. The summed E-state index contributed by atoms with van der Waals surface area (Å²) in [5.74, 6) is -1.80. The van der Waals surface area contributed by atoms with E-state index in [0.717, 1.165) is 23.0 Å². The minimum Gasteiger partial charge on any atom is -0.365 e. The summed E-state index contributed by atoms with van der Waals surface area (Å²) in [7, 11) is 0. The molecule has 1 fully saturated rings. The van der Waals surface area contributed by atoms with Crippen LogP contribution in [0.1, 0.15) is 34.6 Å². The van der Waals surface area contributed by atoms with Gasteiger partial charge < -0.3 is 5.32 Å². The van der Waals surface area contributed by atoms with Crippen molar-refractivity contribution in [3.8, 4) is 0 Å². The summed E-state index contributed by atoms with van der Waals surface area (Å²) in [5, 5.41) is 2.93. The highest BCUT2D eigenvalue weighted by molar-refractivity contribution is 6.01. The first-order chi connectivity index (χ1) is 12.3. The quantitative estimate of drug-likeness (QED) is 0.774. The van der Waals surface area contributed by atoms with Gasteiger partial charge in [-0.1, -0.05) is 17.7 Å². The zero-order valence-electron chi connectivity index (χ0n) is 13.7. The maximum absolute atomic E-state index is 13.2. The Kier molecular flexibility index (Phi) is 3.67. The molecule has 0 unspecified atom stereocenters. The second kappa shape index (κ2) is 5.79. The van der Waals surface area contributed by atoms with E-state index in [-0.39, 0.29) is 23.0 Å². The van der Waals surface area contributed by atoms with Crippen LogP contribution in [0.3, 0.4) is 0 Å². The lowest BCUT2D eigenvalue weighted by Gasteiger charge is -2.10. The standard InChI is InChI=1S/C17H14F3N5O/c1-9-2-4-10(5-3-9)15(26)25-8-21-12-13(22-11-6-7-11)23-16(17(18,19)20)24-14(12)25/h2-5,8,11H,6-7H2,1H3,(H,22,23,24). The van der Waals surface area contributed by atoms with E-state index in [2.05, 4.69) is 20.3 Å². The predicted octanol–water partition coefficient (Wildman–Crippen LogP) is 3.42. The summed E-state index contributed by atoms with van der Waals surface area (Å²) in [6.45, 7) is 1.87. The average molecular weight is 361 g/mol. The maximum atomic E-state index is 13.2. The van der Waals surface area contributed by atoms with E-state index < -0.39 is 17.9 Å². The Labute approximate surface area is 146 Å². The van der Waals surface area contributed by atoms with Gasteiger partial charge >= 0.3 is 6.18 Å². The molecule has 9 heteroatoms. The molecule has 1 aliphatic carbocycles. The average Bonchev–Trinajstić information content (AvgIpc) is 3.30. The first-order valence-electron chi connectivity index (χ1n) is 8.03. The van der Waals surface area contributed by atoms with E-state index in [4.69, 9.17) is 0 Å². The van der Waals surface area contributed by atoms with Crippen molar-refractivity contribution in [2.24, 2.45) is 0 Å². The highest BCUT2D eigenvalue weighted by Gasteiger charge is 2.37. The molecule has 2 heterocycles. The monoisotopic (exact) mass is 361 g/mol. The fourth-order valence-electron chi connectivity index (χ4n) is 2.53. The van der Waals surface area contributed by atoms with Crippen molar-refractivity contribution in [2.75, 3.05) is 5.32 Å². The second-order valence-electron chi connectivity index (χ2n) is 6.27. The number of alkyl halides is 3. The van der Waals surface area contributed by atoms with Gasteiger partial charge in [-0.25, -0.2) is 19.5 Å². The molecule has 1 aliphatic rings. The lowest BCUT2D eigenvalue weighted by Crippen LogP contribution is -2.17. The Bertz CT molecular complexity index is 990. The molecule has 1 saturated carbocycles. The van der Waals surface area contributed by atoms with Gasteiger partial charge in [0.05, 0.1) is 0 Å². The van der Waals surface area contributed by atoms with Crippen LogP contribution in [-0.2, 0) is 6.18 Å². The fraction of sp³-hybridized carbons (Fsp3) is 0.294. The number of rotatable bonds is 3. The zero-order chi connectivity index (χ0) is 18.5. The summed E-state index contributed by atoms with van der Waals surface area (Å²) in [5.41, 5.74) is 1.28. The third-order valence-electron chi connectivity index (χ3n) is 4.09. The number of imidazole rings is 1. The van der Waals surface area contributed by atoms with Crippen LogP contribution in [0.2, 0.25) is 0 Å². The van der Waals surface area contributed by atoms with Crippen molar-refractivity contribution in [1.82, 2.24) is 19.5 Å². The summed E-state index contributed by atoms with van der Waals surface area (Å²) in [6, 6.07) is 6.80. The van der Waals surface area contributed by atoms with E-state index in [1.54, 1.807) is 24.3 Å². The number of halogens is 3. The smallest absolute Gasteiger partial charge is 0.365 e. The van der Waals surface area contributed by atoms with Gasteiger partial charge in [-0.2, -0.15) is 13.2 Å². The third kappa shape index (κ3) is 3.00. The van der Waals surface area contributed by atoms with Crippen LogP contribution in [0.25, 0.3) is 11.2 Å². The number of aryl methyl sites for hydroxylation is 1. The first kappa shape index (κ1) is 16.5. The Morgan fingerprint density at radius 3 is 2.50 bits per heavy atom. The molecular weight excluding hydrogens is 347 g/mol. The van der Waals surface area contributed by atoms with E-state index in [9.17, 15) is 18.0 Å². The van der Waals surface area contributed by atoms with Crippen LogP contribution in [0.5, 0.6) is 0 Å². The summed E-state index contributed by atoms with van der Waals surface area (Å²) < 4.78 is 40.6. The highest BCUT2D eigenvalue weighted by Crippen LogP contribution is 2.32. The molecule has 0 atom stereocenters. The molecule has 26 heavy (non-hydrogen) atoms. The van der Waals surface area contributed by atoms with Crippen molar-refractivity contribution < 1.29 is 18.0 Å². The number of hydrogen-bond donors (Lipinski definition) is 1. The van der Waals surface area contributed by atoms with Crippen LogP contribution in [0, 0.1) is 6.92 Å². The van der Waals surface area contributed by atoms with Crippen molar-refractivity contribution in [1.29, 1.82) is 0 Å². The molecule has 0 spiro atoms. The largest absolute Gasteiger partial charge is 0.451 e. The molecule has 6 nitrogen and oxygen atoms in total. The topological polar surface area (TPSA) is 72.7 Å². The van der Waals surface area contributed by atoms with Crippen LogP contribution in [0.15, 0.2) is 30.6 Å². The molecule has 0 saturated heterocycles. The van der Waals surface area contributed by atoms with Gasteiger partial charge in [0.25, 0.3) is 5.91 Å². The number of aromatic nitrogens is 4. The lowest BCUT2D eigenvalue weighted by atomic mass is 10.1. The van der Waals surface area contributed by atoms with Gasteiger partial charge in [0.15, 0.2) is 17.0 Å². The second-order valence-corrected chi connectivity index (χ2v) is 6.27. The number of carbonyl (C=O) groups excluding carboxylic acids is 1. The molecule has 134 valence electrons. The zero-order valence-corrected chi connectivity index (χ0v) is 13.7. The molecule has 0 amide bonds. The van der Waals surface area contributed by atoms with Crippen molar-refractivity contribution in [2.45, 2.75) is 32.0 Å². The molecule has 4 rings (SSSR count). The van der Waals surface area contributed by atoms with Crippen molar-refractivity contribution in [3.05, 3.63) is 47.5 Å². The van der Waals surface area contributed by atoms with Gasteiger partial charge in [-0.05, 0) is 31.9 Å². The van der Waals surface area contributed by atoms with Crippen molar-refractivity contribution >= 4 is 22.9 Å². The predicted molar refractivity (Wildman–Crippen MR) is 87.9 cm³/mol. The van der Waals surface area contributed by atoms with Crippen LogP contribution in [-0.4, -0.2) is 31.5 Å². The van der Waals surface area contributed by atoms with E-state index >= 15 is 0 Å². The van der Waals surface area contributed by atoms with Gasteiger partial charge in [-0.3, -0.25) is 4.79 Å². The fourth-order valence-corrected chi connectivity index (χ4v) is 2.53. The van der Waals surface area contributed by atoms with Crippen LogP contribution in [0.4, 0.5) is 19.0 Å². The first-order valence-corrected chi connectivity index (χ1v) is 8.03. The Morgan fingerprint density at radius 2 is 1.88 bits per heavy atom. The van der Waals surface area contributed by atoms with E-state index in [1.165, 1.54) is 6.33 Å². The molecule has 2 aromatic heterocycles. The summed E-state index contributed by atoms with van der Waals surface area (Å²) in [6.07, 6.45) is -1.83. The van der Waals surface area contributed by atoms with Gasteiger partial charge in [-0.15, -0.1) is 0 Å². The van der Waals surface area contributed by atoms with E-state index in [0.29, 0.717) is 5.56 Å². The SMILES string of the molecule is Cc1ccc(C(=O)n2cnc3c(NC4CC4)nc(C(F)(F)F)nc32)cc1. The Morgan fingerprint density at radius 1 is 1.19 bits per heavy atom. The summed E-state index contributed by atoms with van der Waals surface area (Å²) in [4.78, 5) is 23.9. The van der Waals surface area contributed by atoms with Crippen LogP contribution >= 0.6 is 0 Å². The minimum atomic E-state index is -4.73. The number of benzene rings is 1. The normalized spacial score (nSPS) is 14.6. The lowest BCUT2D eigenvalue weighted by molar-refractivity contribution is -0.144. The number of fused-ring (bicyclic) bond motifs is 1. The Hall–Kier alpha value is -2.97. The Balaban J connectivity index is 1.85. The van der Waals surface area contributed by atoms with Gasteiger partial charge in [0.2, 0.25) is 5.82 Å². The number of anilines is 1. The van der Waals surface area contributed by atoms with Crippen LogP contribution < -0.4 is 5.32 Å². The molecule has 1 aromatic carbocycles. The minimum absolute atomic E-state index is 0.000260. The highest BCUT2D eigenvalue weighted by atomic mass is 19.4. The van der Waals surface area contributed by atoms with Gasteiger partial charge in [0.1, 0.15) is 6.33 Å². The molecule has 1 N–H and O–H groups in total. The molecule has 0 bridgehead atoms. The third-order valence-corrected chi connectivity index (χ3v) is 4.09. The van der Waals surface area contributed by atoms with Crippen molar-refractivity contribution in [3.63, 3.8) is 0 Å². The van der Waals surface area contributed by atoms with E-state index in [1.807, 2.05) is 6.92 Å². The number of nitrogens with zero attached hydrogens (tertiary/aromatic N) is 4. The van der Waals surface area contributed by atoms with Gasteiger partial charge in [0, 0.05) is 11.6 Å². The molecular formula is C17H14F3N5O. The molecule has 3 aromatic rings.